The zero-order valence-corrected chi connectivity index (χ0v) is 9.25. The summed E-state index contributed by atoms with van der Waals surface area (Å²) in [5, 5.41) is 10.9. The summed E-state index contributed by atoms with van der Waals surface area (Å²) in [5.41, 5.74) is -0.0609. The van der Waals surface area contributed by atoms with Crippen LogP contribution in [-0.2, 0) is 10.2 Å². The van der Waals surface area contributed by atoms with Crippen molar-refractivity contribution in [3.63, 3.8) is 0 Å². The monoisotopic (exact) mass is 220 g/mol. The van der Waals surface area contributed by atoms with Crippen LogP contribution in [-0.4, -0.2) is 12.5 Å². The fourth-order valence-electron chi connectivity index (χ4n) is 1.34. The SMILES string of the molecule is CC(C)(C(=O)NCC#N)c1ccc(F)cc1. The van der Waals surface area contributed by atoms with E-state index in [-0.39, 0.29) is 18.3 Å². The van der Waals surface area contributed by atoms with Crippen LogP contribution in [0.3, 0.4) is 0 Å². The van der Waals surface area contributed by atoms with Gasteiger partial charge in [-0.25, -0.2) is 4.39 Å². The number of nitrogens with one attached hydrogen (secondary N) is 1. The van der Waals surface area contributed by atoms with Gasteiger partial charge in [0.25, 0.3) is 0 Å². The predicted octanol–water partition coefficient (Wildman–Crippen LogP) is 1.74. The van der Waals surface area contributed by atoms with E-state index in [1.165, 1.54) is 12.1 Å². The van der Waals surface area contributed by atoms with Crippen molar-refractivity contribution in [3.8, 4) is 6.07 Å². The van der Waals surface area contributed by atoms with Crippen LogP contribution in [0.1, 0.15) is 19.4 Å². The second-order valence-corrected chi connectivity index (χ2v) is 3.97. The average molecular weight is 220 g/mol. The highest BCUT2D eigenvalue weighted by atomic mass is 19.1. The first-order valence-corrected chi connectivity index (χ1v) is 4.90. The Hall–Kier alpha value is -1.89. The Bertz CT molecular complexity index is 418. The summed E-state index contributed by atoms with van der Waals surface area (Å²) in [7, 11) is 0. The minimum atomic E-state index is -0.773. The number of benzene rings is 1. The molecule has 0 heterocycles. The lowest BCUT2D eigenvalue weighted by Gasteiger charge is -2.23. The molecule has 84 valence electrons. The van der Waals surface area contributed by atoms with E-state index in [0.717, 1.165) is 0 Å². The van der Waals surface area contributed by atoms with E-state index in [1.54, 1.807) is 26.0 Å². The van der Waals surface area contributed by atoms with Crippen molar-refractivity contribution in [1.82, 2.24) is 5.32 Å². The Morgan fingerprint density at radius 1 is 1.44 bits per heavy atom. The second-order valence-electron chi connectivity index (χ2n) is 3.97. The molecule has 0 aliphatic carbocycles. The molecule has 0 saturated carbocycles. The van der Waals surface area contributed by atoms with Gasteiger partial charge in [-0.15, -0.1) is 0 Å². The van der Waals surface area contributed by atoms with Gasteiger partial charge >= 0.3 is 0 Å². The zero-order valence-electron chi connectivity index (χ0n) is 9.25. The fourth-order valence-corrected chi connectivity index (χ4v) is 1.34. The molecule has 4 heteroatoms. The third-order valence-corrected chi connectivity index (χ3v) is 2.46. The van der Waals surface area contributed by atoms with Crippen LogP contribution in [0.2, 0.25) is 0 Å². The van der Waals surface area contributed by atoms with Gasteiger partial charge in [0.15, 0.2) is 0 Å². The van der Waals surface area contributed by atoms with Crippen molar-refractivity contribution in [2.45, 2.75) is 19.3 Å². The number of nitrogens with zero attached hydrogens (tertiary/aromatic N) is 1. The number of carbonyl (C=O) groups is 1. The van der Waals surface area contributed by atoms with Crippen molar-refractivity contribution < 1.29 is 9.18 Å². The Kier molecular flexibility index (Phi) is 3.62. The van der Waals surface area contributed by atoms with E-state index < -0.39 is 5.41 Å². The third kappa shape index (κ3) is 2.57. The fraction of sp³-hybridized carbons (Fsp3) is 0.333. The molecular weight excluding hydrogens is 207 g/mol. The maximum atomic E-state index is 12.7. The second kappa shape index (κ2) is 4.75. The number of amides is 1. The van der Waals surface area contributed by atoms with Crippen molar-refractivity contribution in [3.05, 3.63) is 35.6 Å². The van der Waals surface area contributed by atoms with Gasteiger partial charge in [0, 0.05) is 0 Å². The topological polar surface area (TPSA) is 52.9 Å². The highest BCUT2D eigenvalue weighted by Gasteiger charge is 2.29. The van der Waals surface area contributed by atoms with E-state index in [2.05, 4.69) is 5.32 Å². The number of nitriles is 1. The Morgan fingerprint density at radius 3 is 2.50 bits per heavy atom. The molecule has 0 spiro atoms. The molecule has 0 radical (unpaired) electrons. The number of hydrogen-bond donors (Lipinski definition) is 1. The van der Waals surface area contributed by atoms with Crippen LogP contribution in [0.25, 0.3) is 0 Å². The Labute approximate surface area is 93.9 Å². The van der Waals surface area contributed by atoms with Crippen LogP contribution in [0.4, 0.5) is 4.39 Å². The van der Waals surface area contributed by atoms with Crippen LogP contribution in [0.5, 0.6) is 0 Å². The quantitative estimate of drug-likeness (QED) is 0.789. The van der Waals surface area contributed by atoms with Crippen LogP contribution in [0, 0.1) is 17.1 Å². The lowest BCUT2D eigenvalue weighted by molar-refractivity contribution is -0.125. The van der Waals surface area contributed by atoms with Gasteiger partial charge in [-0.1, -0.05) is 12.1 Å². The molecule has 0 bridgehead atoms. The van der Waals surface area contributed by atoms with Gasteiger partial charge in [0.1, 0.15) is 12.4 Å². The van der Waals surface area contributed by atoms with E-state index in [0.29, 0.717) is 5.56 Å². The van der Waals surface area contributed by atoms with Crippen LogP contribution in [0.15, 0.2) is 24.3 Å². The summed E-state index contributed by atoms with van der Waals surface area (Å²) < 4.78 is 12.7. The van der Waals surface area contributed by atoms with E-state index in [9.17, 15) is 9.18 Å². The standard InChI is InChI=1S/C12H13FN2O/c1-12(2,11(16)15-8-7-14)9-3-5-10(13)6-4-9/h3-6H,8H2,1-2H3,(H,15,16). The molecule has 16 heavy (non-hydrogen) atoms. The molecule has 0 aliphatic rings. The maximum Gasteiger partial charge on any atom is 0.230 e. The number of carbonyl (C=O) groups excluding carboxylic acids is 1. The van der Waals surface area contributed by atoms with Crippen molar-refractivity contribution in [2.75, 3.05) is 6.54 Å². The van der Waals surface area contributed by atoms with Crippen molar-refractivity contribution >= 4 is 5.91 Å². The summed E-state index contributed by atoms with van der Waals surface area (Å²) in [4.78, 5) is 11.8. The molecule has 1 rings (SSSR count). The number of hydrogen-bond acceptors (Lipinski definition) is 2. The molecular formula is C12H13FN2O. The lowest BCUT2D eigenvalue weighted by Crippen LogP contribution is -2.40. The minimum absolute atomic E-state index is 0.0243. The Balaban J connectivity index is 2.88. The van der Waals surface area contributed by atoms with Gasteiger partial charge in [-0.3, -0.25) is 4.79 Å². The molecule has 1 N–H and O–H groups in total. The van der Waals surface area contributed by atoms with Gasteiger partial charge < -0.3 is 5.32 Å². The largest absolute Gasteiger partial charge is 0.342 e. The molecule has 0 fully saturated rings. The molecule has 1 aromatic rings. The lowest BCUT2D eigenvalue weighted by atomic mass is 9.84. The van der Waals surface area contributed by atoms with Gasteiger partial charge in [-0.2, -0.15) is 5.26 Å². The van der Waals surface area contributed by atoms with Gasteiger partial charge in [0.05, 0.1) is 11.5 Å². The molecule has 3 nitrogen and oxygen atoms in total. The summed E-state index contributed by atoms with van der Waals surface area (Å²) in [6.07, 6.45) is 0. The first kappa shape index (κ1) is 12.2. The van der Waals surface area contributed by atoms with E-state index in [4.69, 9.17) is 5.26 Å². The smallest absolute Gasteiger partial charge is 0.230 e. The molecule has 0 aliphatic heterocycles. The summed E-state index contributed by atoms with van der Waals surface area (Å²) in [6, 6.07) is 7.61. The highest BCUT2D eigenvalue weighted by Crippen LogP contribution is 2.23. The van der Waals surface area contributed by atoms with E-state index in [1.807, 2.05) is 6.07 Å². The average Bonchev–Trinajstić information content (AvgIpc) is 2.26. The first-order valence-electron chi connectivity index (χ1n) is 4.90. The predicted molar refractivity (Wildman–Crippen MR) is 58.0 cm³/mol. The maximum absolute atomic E-state index is 12.7. The normalized spacial score (nSPS) is 10.6. The van der Waals surface area contributed by atoms with Gasteiger partial charge in [-0.05, 0) is 31.5 Å². The van der Waals surface area contributed by atoms with Gasteiger partial charge in [0.2, 0.25) is 5.91 Å². The van der Waals surface area contributed by atoms with Crippen LogP contribution >= 0.6 is 0 Å². The van der Waals surface area contributed by atoms with E-state index >= 15 is 0 Å². The number of halogens is 1. The molecule has 1 amide bonds. The third-order valence-electron chi connectivity index (χ3n) is 2.46. The molecule has 1 aromatic carbocycles. The van der Waals surface area contributed by atoms with Crippen molar-refractivity contribution in [2.24, 2.45) is 0 Å². The minimum Gasteiger partial charge on any atom is -0.342 e. The first-order chi connectivity index (χ1) is 7.48. The number of rotatable bonds is 3. The molecule has 0 aromatic heterocycles. The highest BCUT2D eigenvalue weighted by molar-refractivity contribution is 5.87. The molecule has 0 atom stereocenters. The molecule has 0 saturated heterocycles. The summed E-state index contributed by atoms with van der Waals surface area (Å²) in [5.74, 6) is -0.586. The van der Waals surface area contributed by atoms with Crippen LogP contribution < -0.4 is 5.32 Å². The zero-order chi connectivity index (χ0) is 12.2. The summed E-state index contributed by atoms with van der Waals surface area (Å²) in [6.45, 7) is 3.43. The molecule has 0 unspecified atom stereocenters. The Morgan fingerprint density at radius 2 is 2.00 bits per heavy atom. The van der Waals surface area contributed by atoms with Crippen molar-refractivity contribution in [1.29, 1.82) is 5.26 Å². The summed E-state index contributed by atoms with van der Waals surface area (Å²) >= 11 is 0.